The quantitative estimate of drug-likeness (QED) is 0.617. The number of nitrogens with zero attached hydrogens (tertiary/aromatic N) is 1. The topological polar surface area (TPSA) is 107 Å². The van der Waals surface area contributed by atoms with Crippen LogP contribution in [0.2, 0.25) is 0 Å². The van der Waals surface area contributed by atoms with E-state index in [4.69, 9.17) is 0 Å². The number of aliphatic carboxylic acids is 2. The lowest BCUT2D eigenvalue weighted by Gasteiger charge is -2.34. The number of carboxylic acids is 2. The fourth-order valence-electron chi connectivity index (χ4n) is 4.87. The Morgan fingerprint density at radius 2 is 1.83 bits per heavy atom. The summed E-state index contributed by atoms with van der Waals surface area (Å²) < 4.78 is 0. The highest BCUT2D eigenvalue weighted by molar-refractivity contribution is 5.88. The van der Waals surface area contributed by atoms with Crippen LogP contribution in [0.25, 0.3) is 0 Å². The first-order valence-corrected chi connectivity index (χ1v) is 10.5. The van der Waals surface area contributed by atoms with Crippen LogP contribution >= 0.6 is 0 Å². The average Bonchev–Trinajstić information content (AvgIpc) is 3.10. The molecule has 1 aromatic carbocycles. The van der Waals surface area contributed by atoms with Gasteiger partial charge in [0.25, 0.3) is 0 Å². The van der Waals surface area contributed by atoms with Gasteiger partial charge in [0.1, 0.15) is 6.04 Å². The van der Waals surface area contributed by atoms with Crippen LogP contribution in [0.1, 0.15) is 56.9 Å². The maximum atomic E-state index is 13.1. The number of benzene rings is 1. The summed E-state index contributed by atoms with van der Waals surface area (Å²) in [5.41, 5.74) is 0.733. The van der Waals surface area contributed by atoms with Crippen molar-refractivity contribution in [2.45, 2.75) is 69.5 Å². The highest BCUT2D eigenvalue weighted by Gasteiger charge is 2.48. The molecule has 0 radical (unpaired) electrons. The molecule has 3 N–H and O–H groups in total. The van der Waals surface area contributed by atoms with Crippen LogP contribution in [0.5, 0.6) is 0 Å². The molecule has 1 saturated heterocycles. The summed E-state index contributed by atoms with van der Waals surface area (Å²) in [6.07, 6.45) is 4.86. The van der Waals surface area contributed by atoms with Gasteiger partial charge >= 0.3 is 11.9 Å². The zero-order valence-electron chi connectivity index (χ0n) is 16.8. The molecule has 1 amide bonds. The number of carbonyl (C=O) groups excluding carboxylic acids is 1. The van der Waals surface area contributed by atoms with Gasteiger partial charge in [0.05, 0.1) is 12.0 Å². The van der Waals surface area contributed by atoms with E-state index < -0.39 is 29.9 Å². The van der Waals surface area contributed by atoms with Gasteiger partial charge in [-0.1, -0.05) is 43.2 Å². The van der Waals surface area contributed by atoms with E-state index in [1.165, 1.54) is 0 Å². The number of carboxylic acid groups (broad SMARTS) is 2. The number of amides is 1. The molecule has 7 nitrogen and oxygen atoms in total. The van der Waals surface area contributed by atoms with E-state index in [2.05, 4.69) is 5.32 Å². The van der Waals surface area contributed by atoms with Crippen molar-refractivity contribution in [1.29, 1.82) is 0 Å². The van der Waals surface area contributed by atoms with Gasteiger partial charge in [-0.05, 0) is 50.6 Å². The molecule has 7 heteroatoms. The van der Waals surface area contributed by atoms with Crippen LogP contribution < -0.4 is 5.32 Å². The second-order valence-corrected chi connectivity index (χ2v) is 8.21. The maximum absolute atomic E-state index is 13.1. The number of carbonyl (C=O) groups is 3. The largest absolute Gasteiger partial charge is 0.481 e. The monoisotopic (exact) mass is 402 g/mol. The van der Waals surface area contributed by atoms with Crippen molar-refractivity contribution in [1.82, 2.24) is 10.2 Å². The lowest BCUT2D eigenvalue weighted by molar-refractivity contribution is -0.150. The van der Waals surface area contributed by atoms with E-state index in [-0.39, 0.29) is 17.9 Å². The minimum absolute atomic E-state index is 0.0117. The maximum Gasteiger partial charge on any atom is 0.326 e. The second-order valence-electron chi connectivity index (χ2n) is 8.21. The number of likely N-dealkylation sites (tertiary alicyclic amines) is 1. The van der Waals surface area contributed by atoms with Crippen LogP contribution in [0, 0.1) is 5.92 Å². The van der Waals surface area contributed by atoms with Gasteiger partial charge in [-0.3, -0.25) is 9.59 Å². The number of hydrogen-bond acceptors (Lipinski definition) is 4. The number of nitrogens with one attached hydrogen (secondary N) is 1. The van der Waals surface area contributed by atoms with Crippen LogP contribution in [-0.2, 0) is 14.4 Å². The molecule has 29 heavy (non-hydrogen) atoms. The molecule has 0 spiro atoms. The predicted octanol–water partition coefficient (Wildman–Crippen LogP) is 2.47. The van der Waals surface area contributed by atoms with Gasteiger partial charge in [-0.25, -0.2) is 4.79 Å². The molecule has 2 aliphatic rings. The third kappa shape index (κ3) is 4.78. The standard InChI is InChI=1S/C22H30N2O5/c1-14(23-12-11-17(21(26)27)15-7-3-2-4-8-15)20(25)24-18-10-6-5-9-16(18)13-19(24)22(28)29/h2-4,7-8,14,16-19,23H,5-6,9-13H2,1H3,(H,26,27)(H,28,29)/t14-,16+,17-,18-,19-/m0/s1. The Kier molecular flexibility index (Phi) is 6.90. The average molecular weight is 402 g/mol. The summed E-state index contributed by atoms with van der Waals surface area (Å²) >= 11 is 0. The zero-order chi connectivity index (χ0) is 21.0. The third-order valence-electron chi connectivity index (χ3n) is 6.38. The molecule has 1 aromatic rings. The Bertz CT molecular complexity index is 738. The Hall–Kier alpha value is -2.41. The first-order chi connectivity index (χ1) is 13.9. The molecular weight excluding hydrogens is 372 g/mol. The first kappa shape index (κ1) is 21.3. The van der Waals surface area contributed by atoms with Crippen molar-refractivity contribution in [2.75, 3.05) is 6.54 Å². The molecule has 0 unspecified atom stereocenters. The minimum Gasteiger partial charge on any atom is -0.481 e. The van der Waals surface area contributed by atoms with Crippen molar-refractivity contribution in [3.05, 3.63) is 35.9 Å². The highest BCUT2D eigenvalue weighted by Crippen LogP contribution is 2.40. The minimum atomic E-state index is -0.935. The number of fused-ring (bicyclic) bond motifs is 1. The summed E-state index contributed by atoms with van der Waals surface area (Å²) in [6, 6.07) is 7.75. The van der Waals surface area contributed by atoms with Crippen molar-refractivity contribution in [3.63, 3.8) is 0 Å². The van der Waals surface area contributed by atoms with Crippen LogP contribution in [0.4, 0.5) is 0 Å². The van der Waals surface area contributed by atoms with Gasteiger partial charge in [-0.2, -0.15) is 0 Å². The van der Waals surface area contributed by atoms with E-state index >= 15 is 0 Å². The smallest absolute Gasteiger partial charge is 0.326 e. The first-order valence-electron chi connectivity index (χ1n) is 10.5. The molecule has 2 fully saturated rings. The molecule has 1 heterocycles. The SMILES string of the molecule is C[C@H](NCC[C@H](C(=O)O)c1ccccc1)C(=O)N1[C@H](C(=O)O)C[C@H]2CCCC[C@@H]21. The summed E-state index contributed by atoms with van der Waals surface area (Å²) in [4.78, 5) is 38.0. The van der Waals surface area contributed by atoms with E-state index in [0.29, 0.717) is 19.4 Å². The van der Waals surface area contributed by atoms with Gasteiger partial charge in [0, 0.05) is 6.04 Å². The Morgan fingerprint density at radius 3 is 2.48 bits per heavy atom. The van der Waals surface area contributed by atoms with Crippen molar-refractivity contribution in [3.8, 4) is 0 Å². The second kappa shape index (κ2) is 9.39. The van der Waals surface area contributed by atoms with E-state index in [9.17, 15) is 24.6 Å². The fourth-order valence-corrected chi connectivity index (χ4v) is 4.87. The molecule has 158 valence electrons. The molecule has 1 aliphatic carbocycles. The number of rotatable bonds is 8. The van der Waals surface area contributed by atoms with Gasteiger partial charge < -0.3 is 20.4 Å². The van der Waals surface area contributed by atoms with Crippen LogP contribution in [0.3, 0.4) is 0 Å². The molecule has 0 bridgehead atoms. The summed E-state index contributed by atoms with van der Waals surface area (Å²) in [7, 11) is 0. The lowest BCUT2D eigenvalue weighted by atomic mass is 9.84. The van der Waals surface area contributed by atoms with Crippen molar-refractivity contribution in [2.24, 2.45) is 5.92 Å². The lowest BCUT2D eigenvalue weighted by Crippen LogP contribution is -2.53. The normalized spacial score (nSPS) is 25.8. The molecular formula is C22H30N2O5. The molecule has 1 saturated carbocycles. The molecule has 5 atom stereocenters. The van der Waals surface area contributed by atoms with Crippen molar-refractivity contribution >= 4 is 17.8 Å². The molecule has 0 aromatic heterocycles. The summed E-state index contributed by atoms with van der Waals surface area (Å²) in [5.74, 6) is -2.40. The predicted molar refractivity (Wildman–Crippen MR) is 108 cm³/mol. The fraction of sp³-hybridized carbons (Fsp3) is 0.591. The van der Waals surface area contributed by atoms with E-state index in [0.717, 1.165) is 31.2 Å². The van der Waals surface area contributed by atoms with Gasteiger partial charge in [0.2, 0.25) is 5.91 Å². The molecule has 3 rings (SSSR count). The molecule has 1 aliphatic heterocycles. The summed E-state index contributed by atoms with van der Waals surface area (Å²) in [6.45, 7) is 2.09. The number of hydrogen-bond donors (Lipinski definition) is 3. The van der Waals surface area contributed by atoms with Gasteiger partial charge in [0.15, 0.2) is 0 Å². The highest BCUT2D eigenvalue weighted by atomic mass is 16.4. The Morgan fingerprint density at radius 1 is 1.14 bits per heavy atom. The van der Waals surface area contributed by atoms with E-state index in [1.807, 2.05) is 18.2 Å². The van der Waals surface area contributed by atoms with Crippen LogP contribution in [-0.4, -0.2) is 57.6 Å². The Balaban J connectivity index is 1.60. The van der Waals surface area contributed by atoms with Crippen LogP contribution in [0.15, 0.2) is 30.3 Å². The summed E-state index contributed by atoms with van der Waals surface area (Å²) in [5, 5.41) is 22.3. The van der Waals surface area contributed by atoms with E-state index in [1.54, 1.807) is 24.0 Å². The van der Waals surface area contributed by atoms with Gasteiger partial charge in [-0.15, -0.1) is 0 Å². The Labute approximate surface area is 171 Å². The third-order valence-corrected chi connectivity index (χ3v) is 6.38. The zero-order valence-corrected chi connectivity index (χ0v) is 16.8. The van der Waals surface area contributed by atoms with Crippen molar-refractivity contribution < 1.29 is 24.6 Å².